The molecule has 0 saturated carbocycles. The summed E-state index contributed by atoms with van der Waals surface area (Å²) in [6.45, 7) is 0. The van der Waals surface area contributed by atoms with E-state index in [2.05, 4.69) is 4.18 Å². The summed E-state index contributed by atoms with van der Waals surface area (Å²) in [5.74, 6) is 0. The molecule has 5 heteroatoms. The minimum Gasteiger partial charge on any atom is -0.270 e. The highest BCUT2D eigenvalue weighted by molar-refractivity contribution is 7.87. The highest BCUT2D eigenvalue weighted by Gasteiger charge is 2.19. The van der Waals surface area contributed by atoms with Crippen molar-refractivity contribution < 1.29 is 12.6 Å². The minimum atomic E-state index is -3.62. The predicted molar refractivity (Wildman–Crippen MR) is 63.9 cm³/mol. The second kappa shape index (κ2) is 4.37. The smallest absolute Gasteiger partial charge is 0.270 e. The van der Waals surface area contributed by atoms with E-state index in [9.17, 15) is 8.42 Å². The first kappa shape index (κ1) is 11.3. The van der Waals surface area contributed by atoms with Crippen molar-refractivity contribution in [1.29, 1.82) is 0 Å². The van der Waals surface area contributed by atoms with Crippen LogP contribution in [0.5, 0.6) is 0 Å². The van der Waals surface area contributed by atoms with Gasteiger partial charge in [-0.1, -0.05) is 30.3 Å². The van der Waals surface area contributed by atoms with Crippen LogP contribution in [0.2, 0.25) is 0 Å². The van der Waals surface area contributed by atoms with E-state index in [1.54, 1.807) is 11.4 Å². The Morgan fingerprint density at radius 3 is 2.44 bits per heavy atom. The molecule has 16 heavy (non-hydrogen) atoms. The molecule has 0 aliphatic heterocycles. The predicted octanol–water partition coefficient (Wildman–Crippen LogP) is 2.75. The van der Waals surface area contributed by atoms with Gasteiger partial charge in [0.2, 0.25) is 0 Å². The molecule has 0 saturated heterocycles. The Kier molecular flexibility index (Phi) is 3.09. The molecular formula is C11H10O3S2. The largest absolute Gasteiger partial charge is 0.298 e. The van der Waals surface area contributed by atoms with E-state index in [1.807, 2.05) is 30.3 Å². The summed E-state index contributed by atoms with van der Waals surface area (Å²) in [6.07, 6.45) is 0. The molecule has 3 nitrogen and oxygen atoms in total. The van der Waals surface area contributed by atoms with Gasteiger partial charge in [-0.25, -0.2) is 0 Å². The number of hydrogen-bond acceptors (Lipinski definition) is 4. The lowest BCUT2D eigenvalue weighted by Crippen LogP contribution is -2.02. The second-order valence-electron chi connectivity index (χ2n) is 3.10. The first-order valence-corrected chi connectivity index (χ1v) is 6.87. The van der Waals surface area contributed by atoms with Gasteiger partial charge in [0.05, 0.1) is 12.0 Å². The van der Waals surface area contributed by atoms with Crippen LogP contribution in [0.25, 0.3) is 10.4 Å². The molecule has 1 aromatic heterocycles. The van der Waals surface area contributed by atoms with E-state index < -0.39 is 10.1 Å². The Bertz CT molecular complexity index is 570. The molecule has 1 aromatic carbocycles. The molecule has 1 heterocycles. The third-order valence-electron chi connectivity index (χ3n) is 2.15. The Morgan fingerprint density at radius 2 is 1.81 bits per heavy atom. The Hall–Kier alpha value is -1.17. The lowest BCUT2D eigenvalue weighted by atomic mass is 10.2. The van der Waals surface area contributed by atoms with Crippen molar-refractivity contribution in [1.82, 2.24) is 0 Å². The zero-order chi connectivity index (χ0) is 11.6. The van der Waals surface area contributed by atoms with Crippen molar-refractivity contribution in [3.8, 4) is 10.4 Å². The van der Waals surface area contributed by atoms with Crippen LogP contribution in [-0.4, -0.2) is 15.5 Å². The van der Waals surface area contributed by atoms with Crippen molar-refractivity contribution in [2.45, 2.75) is 4.90 Å². The van der Waals surface area contributed by atoms with Crippen molar-refractivity contribution in [3.05, 3.63) is 41.8 Å². The quantitative estimate of drug-likeness (QED) is 0.791. The molecule has 0 spiro atoms. The molecule has 0 aliphatic carbocycles. The van der Waals surface area contributed by atoms with E-state index in [4.69, 9.17) is 0 Å². The summed E-state index contributed by atoms with van der Waals surface area (Å²) in [6, 6.07) is 10.9. The van der Waals surface area contributed by atoms with Crippen LogP contribution < -0.4 is 0 Å². The summed E-state index contributed by atoms with van der Waals surface area (Å²) in [4.78, 5) is 0.939. The molecule has 0 amide bonds. The lowest BCUT2D eigenvalue weighted by molar-refractivity contribution is 0.398. The monoisotopic (exact) mass is 254 g/mol. The highest BCUT2D eigenvalue weighted by atomic mass is 32.2. The van der Waals surface area contributed by atoms with Crippen LogP contribution in [0.4, 0.5) is 0 Å². The van der Waals surface area contributed by atoms with Gasteiger partial charge in [-0.15, -0.1) is 11.3 Å². The maximum Gasteiger partial charge on any atom is 0.298 e. The Morgan fingerprint density at radius 1 is 1.12 bits per heavy atom. The van der Waals surface area contributed by atoms with Crippen LogP contribution in [0.1, 0.15) is 0 Å². The second-order valence-corrected chi connectivity index (χ2v) is 5.70. The zero-order valence-electron chi connectivity index (χ0n) is 8.58. The highest BCUT2D eigenvalue weighted by Crippen LogP contribution is 2.33. The van der Waals surface area contributed by atoms with Gasteiger partial charge < -0.3 is 0 Å². The molecular weight excluding hydrogens is 244 g/mol. The Labute approximate surface area is 98.4 Å². The summed E-state index contributed by atoms with van der Waals surface area (Å²) in [5.41, 5.74) is 0.883. The van der Waals surface area contributed by atoms with Gasteiger partial charge in [0, 0.05) is 0 Å². The number of rotatable bonds is 3. The number of hydrogen-bond donors (Lipinski definition) is 0. The van der Waals surface area contributed by atoms with Crippen LogP contribution in [-0.2, 0) is 14.3 Å². The van der Waals surface area contributed by atoms with Gasteiger partial charge in [0.1, 0.15) is 4.90 Å². The molecule has 0 bridgehead atoms. The van der Waals surface area contributed by atoms with Crippen LogP contribution in [0.15, 0.2) is 46.7 Å². The molecule has 0 aliphatic rings. The maximum atomic E-state index is 11.6. The van der Waals surface area contributed by atoms with Crippen molar-refractivity contribution in [2.75, 3.05) is 7.11 Å². The molecule has 0 unspecified atom stereocenters. The van der Waals surface area contributed by atoms with Gasteiger partial charge in [-0.2, -0.15) is 8.42 Å². The SMILES string of the molecule is COS(=O)(=O)c1ccsc1-c1ccccc1. The average molecular weight is 254 g/mol. The average Bonchev–Trinajstić information content (AvgIpc) is 2.80. The van der Waals surface area contributed by atoms with E-state index in [0.29, 0.717) is 4.88 Å². The van der Waals surface area contributed by atoms with Gasteiger partial charge in [0.25, 0.3) is 10.1 Å². The number of thiophene rings is 1. The van der Waals surface area contributed by atoms with E-state index in [0.717, 1.165) is 5.56 Å². The van der Waals surface area contributed by atoms with E-state index in [1.165, 1.54) is 18.4 Å². The normalized spacial score (nSPS) is 11.6. The molecule has 0 N–H and O–H groups in total. The van der Waals surface area contributed by atoms with Crippen LogP contribution in [0.3, 0.4) is 0 Å². The van der Waals surface area contributed by atoms with E-state index >= 15 is 0 Å². The van der Waals surface area contributed by atoms with Gasteiger partial charge in [-0.05, 0) is 17.0 Å². The maximum absolute atomic E-state index is 11.6. The zero-order valence-corrected chi connectivity index (χ0v) is 10.2. The lowest BCUT2D eigenvalue weighted by Gasteiger charge is -2.03. The summed E-state index contributed by atoms with van der Waals surface area (Å²) in [5, 5.41) is 1.74. The summed E-state index contributed by atoms with van der Waals surface area (Å²) >= 11 is 1.39. The number of benzene rings is 1. The van der Waals surface area contributed by atoms with Crippen LogP contribution >= 0.6 is 11.3 Å². The standard InChI is InChI=1S/C11H10O3S2/c1-14-16(12,13)10-7-8-15-11(10)9-5-3-2-4-6-9/h2-8H,1H3. The third-order valence-corrected chi connectivity index (χ3v) is 4.56. The first-order chi connectivity index (χ1) is 7.65. The summed E-state index contributed by atoms with van der Waals surface area (Å²) in [7, 11) is -2.45. The third kappa shape index (κ3) is 2.02. The van der Waals surface area contributed by atoms with Crippen molar-refractivity contribution in [2.24, 2.45) is 0 Å². The first-order valence-electron chi connectivity index (χ1n) is 4.58. The topological polar surface area (TPSA) is 43.4 Å². The van der Waals surface area contributed by atoms with Gasteiger partial charge in [0.15, 0.2) is 0 Å². The van der Waals surface area contributed by atoms with E-state index in [-0.39, 0.29) is 4.90 Å². The van der Waals surface area contributed by atoms with Crippen LogP contribution in [0, 0.1) is 0 Å². The fourth-order valence-corrected chi connectivity index (χ4v) is 3.48. The van der Waals surface area contributed by atoms with Gasteiger partial charge >= 0.3 is 0 Å². The minimum absolute atomic E-state index is 0.228. The molecule has 84 valence electrons. The molecule has 2 rings (SSSR count). The molecule has 0 fully saturated rings. The van der Waals surface area contributed by atoms with Gasteiger partial charge in [-0.3, -0.25) is 4.18 Å². The fraction of sp³-hybridized carbons (Fsp3) is 0.0909. The van der Waals surface area contributed by atoms with Crippen molar-refractivity contribution >= 4 is 21.5 Å². The Balaban J connectivity index is 2.58. The molecule has 2 aromatic rings. The summed E-state index contributed by atoms with van der Waals surface area (Å²) < 4.78 is 27.8. The van der Waals surface area contributed by atoms with Crippen molar-refractivity contribution in [3.63, 3.8) is 0 Å². The fourth-order valence-electron chi connectivity index (χ4n) is 1.38. The molecule has 0 atom stereocenters. The molecule has 0 radical (unpaired) electrons.